The zero-order chi connectivity index (χ0) is 12.4. The standard InChI is InChI=1S/C12H7BrFN3/c13-9-5-7(1-3-10(9)14)11-4-2-8(6-15)12(16)17-11/h1-5H,(H2,16,17). The van der Waals surface area contributed by atoms with Crippen LogP contribution in [-0.2, 0) is 0 Å². The molecular formula is C12H7BrFN3. The van der Waals surface area contributed by atoms with Crippen LogP contribution in [0.1, 0.15) is 5.56 Å². The number of benzene rings is 1. The number of hydrogen-bond acceptors (Lipinski definition) is 3. The summed E-state index contributed by atoms with van der Waals surface area (Å²) in [7, 11) is 0. The van der Waals surface area contributed by atoms with E-state index in [4.69, 9.17) is 11.0 Å². The molecule has 1 heterocycles. The van der Waals surface area contributed by atoms with E-state index >= 15 is 0 Å². The van der Waals surface area contributed by atoms with Gasteiger partial charge in [0.1, 0.15) is 17.7 Å². The van der Waals surface area contributed by atoms with Crippen LogP contribution in [0, 0.1) is 17.1 Å². The van der Waals surface area contributed by atoms with Gasteiger partial charge in [-0.3, -0.25) is 0 Å². The van der Waals surface area contributed by atoms with Gasteiger partial charge in [-0.15, -0.1) is 0 Å². The van der Waals surface area contributed by atoms with Crippen molar-refractivity contribution in [3.05, 3.63) is 46.2 Å². The second kappa shape index (κ2) is 4.52. The molecular weight excluding hydrogens is 285 g/mol. The van der Waals surface area contributed by atoms with Crippen molar-refractivity contribution in [1.82, 2.24) is 4.98 Å². The van der Waals surface area contributed by atoms with Crippen molar-refractivity contribution in [1.29, 1.82) is 5.26 Å². The number of nitriles is 1. The minimum absolute atomic E-state index is 0.172. The molecule has 2 rings (SSSR count). The van der Waals surface area contributed by atoms with Crippen molar-refractivity contribution in [3.8, 4) is 17.3 Å². The topological polar surface area (TPSA) is 62.7 Å². The van der Waals surface area contributed by atoms with Gasteiger partial charge in [-0.05, 0) is 46.3 Å². The number of nitrogens with two attached hydrogens (primary N) is 1. The monoisotopic (exact) mass is 291 g/mol. The average molecular weight is 292 g/mol. The molecule has 0 unspecified atom stereocenters. The third-order valence-electron chi connectivity index (χ3n) is 2.26. The molecule has 2 N–H and O–H groups in total. The van der Waals surface area contributed by atoms with E-state index in [0.717, 1.165) is 5.56 Å². The van der Waals surface area contributed by atoms with Gasteiger partial charge in [-0.2, -0.15) is 5.26 Å². The lowest BCUT2D eigenvalue weighted by Crippen LogP contribution is -1.96. The number of anilines is 1. The molecule has 0 radical (unpaired) electrons. The molecule has 17 heavy (non-hydrogen) atoms. The lowest BCUT2D eigenvalue weighted by molar-refractivity contribution is 0.621. The molecule has 0 saturated carbocycles. The van der Waals surface area contributed by atoms with Crippen LogP contribution in [0.5, 0.6) is 0 Å². The van der Waals surface area contributed by atoms with Gasteiger partial charge in [0.25, 0.3) is 0 Å². The Morgan fingerprint density at radius 2 is 2.06 bits per heavy atom. The normalized spacial score (nSPS) is 9.94. The first kappa shape index (κ1) is 11.6. The van der Waals surface area contributed by atoms with Crippen molar-refractivity contribution in [2.75, 3.05) is 5.73 Å². The van der Waals surface area contributed by atoms with Gasteiger partial charge in [-0.1, -0.05) is 0 Å². The number of halogens is 2. The largest absolute Gasteiger partial charge is 0.383 e. The van der Waals surface area contributed by atoms with Gasteiger partial charge in [0.15, 0.2) is 0 Å². The molecule has 1 aromatic heterocycles. The van der Waals surface area contributed by atoms with Crippen LogP contribution in [0.4, 0.5) is 10.2 Å². The van der Waals surface area contributed by atoms with Gasteiger partial charge in [-0.25, -0.2) is 9.37 Å². The smallest absolute Gasteiger partial charge is 0.142 e. The van der Waals surface area contributed by atoms with E-state index in [1.807, 2.05) is 6.07 Å². The highest BCUT2D eigenvalue weighted by Gasteiger charge is 2.06. The maximum absolute atomic E-state index is 13.1. The highest BCUT2D eigenvalue weighted by molar-refractivity contribution is 9.10. The molecule has 0 aliphatic rings. The van der Waals surface area contributed by atoms with Crippen LogP contribution in [-0.4, -0.2) is 4.98 Å². The Morgan fingerprint density at radius 3 is 2.65 bits per heavy atom. The fourth-order valence-electron chi connectivity index (χ4n) is 1.39. The summed E-state index contributed by atoms with van der Waals surface area (Å²) >= 11 is 3.10. The molecule has 3 nitrogen and oxygen atoms in total. The summed E-state index contributed by atoms with van der Waals surface area (Å²) in [4.78, 5) is 4.10. The molecule has 0 atom stereocenters. The number of rotatable bonds is 1. The van der Waals surface area contributed by atoms with E-state index in [0.29, 0.717) is 15.7 Å². The van der Waals surface area contributed by atoms with Crippen LogP contribution in [0.3, 0.4) is 0 Å². The molecule has 84 valence electrons. The van der Waals surface area contributed by atoms with Gasteiger partial charge < -0.3 is 5.73 Å². The summed E-state index contributed by atoms with van der Waals surface area (Å²) in [5.74, 6) is -0.166. The lowest BCUT2D eigenvalue weighted by Gasteiger charge is -2.04. The predicted octanol–water partition coefficient (Wildman–Crippen LogP) is 3.10. The summed E-state index contributed by atoms with van der Waals surface area (Å²) in [6.07, 6.45) is 0. The first-order chi connectivity index (χ1) is 8.11. The summed E-state index contributed by atoms with van der Waals surface area (Å²) < 4.78 is 13.4. The van der Waals surface area contributed by atoms with Crippen LogP contribution in [0.25, 0.3) is 11.3 Å². The first-order valence-corrected chi connectivity index (χ1v) is 5.53. The second-order valence-corrected chi connectivity index (χ2v) is 4.22. The van der Waals surface area contributed by atoms with Gasteiger partial charge in [0.05, 0.1) is 15.7 Å². The minimum Gasteiger partial charge on any atom is -0.383 e. The summed E-state index contributed by atoms with van der Waals surface area (Å²) in [5, 5.41) is 8.73. The number of hydrogen-bond donors (Lipinski definition) is 1. The second-order valence-electron chi connectivity index (χ2n) is 3.37. The van der Waals surface area contributed by atoms with E-state index in [1.165, 1.54) is 6.07 Å². The third kappa shape index (κ3) is 2.27. The Labute approximate surface area is 106 Å². The Morgan fingerprint density at radius 1 is 1.29 bits per heavy atom. The third-order valence-corrected chi connectivity index (χ3v) is 2.87. The molecule has 0 bridgehead atoms. The quantitative estimate of drug-likeness (QED) is 0.878. The van der Waals surface area contributed by atoms with E-state index < -0.39 is 0 Å². The summed E-state index contributed by atoms with van der Waals surface area (Å²) in [6.45, 7) is 0. The van der Waals surface area contributed by atoms with Gasteiger partial charge >= 0.3 is 0 Å². The Bertz CT molecular complexity index is 620. The number of nitrogens with zero attached hydrogens (tertiary/aromatic N) is 2. The molecule has 2 aromatic rings. The fraction of sp³-hybridized carbons (Fsp3) is 0. The molecule has 0 aliphatic carbocycles. The van der Waals surface area contributed by atoms with Crippen LogP contribution < -0.4 is 5.73 Å². The Balaban J connectivity index is 2.50. The molecule has 0 amide bonds. The maximum atomic E-state index is 13.1. The minimum atomic E-state index is -0.338. The fourth-order valence-corrected chi connectivity index (χ4v) is 1.76. The van der Waals surface area contributed by atoms with E-state index in [9.17, 15) is 4.39 Å². The number of nitrogen functional groups attached to an aromatic ring is 1. The van der Waals surface area contributed by atoms with Crippen molar-refractivity contribution in [2.45, 2.75) is 0 Å². The van der Waals surface area contributed by atoms with Crippen molar-refractivity contribution >= 4 is 21.7 Å². The zero-order valence-electron chi connectivity index (χ0n) is 8.61. The van der Waals surface area contributed by atoms with Crippen molar-refractivity contribution in [3.63, 3.8) is 0 Å². The van der Waals surface area contributed by atoms with E-state index in [-0.39, 0.29) is 11.6 Å². The van der Waals surface area contributed by atoms with Crippen LogP contribution >= 0.6 is 15.9 Å². The van der Waals surface area contributed by atoms with Crippen LogP contribution in [0.15, 0.2) is 34.8 Å². The van der Waals surface area contributed by atoms with E-state index in [2.05, 4.69) is 20.9 Å². The first-order valence-electron chi connectivity index (χ1n) is 4.74. The lowest BCUT2D eigenvalue weighted by atomic mass is 10.1. The molecule has 1 aromatic carbocycles. The number of pyridine rings is 1. The zero-order valence-corrected chi connectivity index (χ0v) is 10.2. The summed E-state index contributed by atoms with van der Waals surface area (Å²) in [6, 6.07) is 9.77. The highest BCUT2D eigenvalue weighted by atomic mass is 79.9. The Kier molecular flexibility index (Phi) is 3.07. The molecule has 0 fully saturated rings. The summed E-state index contributed by atoms with van der Waals surface area (Å²) in [5.41, 5.74) is 7.28. The van der Waals surface area contributed by atoms with Crippen LogP contribution in [0.2, 0.25) is 0 Å². The molecule has 0 spiro atoms. The maximum Gasteiger partial charge on any atom is 0.142 e. The predicted molar refractivity (Wildman–Crippen MR) is 66.5 cm³/mol. The highest BCUT2D eigenvalue weighted by Crippen LogP contribution is 2.25. The van der Waals surface area contributed by atoms with Crippen molar-refractivity contribution in [2.24, 2.45) is 0 Å². The SMILES string of the molecule is N#Cc1ccc(-c2ccc(F)c(Br)c2)nc1N. The Hall–Kier alpha value is -1.93. The molecule has 0 aliphatic heterocycles. The van der Waals surface area contributed by atoms with Gasteiger partial charge in [0.2, 0.25) is 0 Å². The molecule has 0 saturated heterocycles. The van der Waals surface area contributed by atoms with E-state index in [1.54, 1.807) is 24.3 Å². The van der Waals surface area contributed by atoms with Gasteiger partial charge in [0, 0.05) is 5.56 Å². The average Bonchev–Trinajstić information content (AvgIpc) is 2.32. The number of aromatic nitrogens is 1. The van der Waals surface area contributed by atoms with Crippen molar-refractivity contribution < 1.29 is 4.39 Å². The molecule has 5 heteroatoms.